The molecule has 1 aliphatic heterocycles. The topological polar surface area (TPSA) is 30.3 Å². The van der Waals surface area contributed by atoms with Crippen LogP contribution in [0.4, 0.5) is 5.69 Å². The molecule has 0 amide bonds. The summed E-state index contributed by atoms with van der Waals surface area (Å²) in [6, 6.07) is 8.10. The highest BCUT2D eigenvalue weighted by Crippen LogP contribution is 2.24. The third-order valence-electron chi connectivity index (χ3n) is 3.82. The summed E-state index contributed by atoms with van der Waals surface area (Å²) in [5, 5.41) is 9.02. The molecule has 0 saturated carbocycles. The molecule has 0 unspecified atom stereocenters. The molecule has 102 valence electrons. The number of nitriles is 1. The van der Waals surface area contributed by atoms with E-state index in [-0.39, 0.29) is 0 Å². The van der Waals surface area contributed by atoms with Crippen molar-refractivity contribution in [2.45, 2.75) is 12.8 Å². The molecular weight excluding hydrogens is 302 g/mol. The molecule has 1 aliphatic rings. The Kier molecular flexibility index (Phi) is 4.84. The number of piperidine rings is 1. The van der Waals surface area contributed by atoms with Crippen molar-refractivity contribution in [3.63, 3.8) is 0 Å². The van der Waals surface area contributed by atoms with E-state index in [1.165, 1.54) is 25.9 Å². The van der Waals surface area contributed by atoms with Gasteiger partial charge in [-0.3, -0.25) is 0 Å². The van der Waals surface area contributed by atoms with Gasteiger partial charge in [-0.15, -0.1) is 0 Å². The van der Waals surface area contributed by atoms with Gasteiger partial charge >= 0.3 is 0 Å². The minimum Gasteiger partial charge on any atom is -0.374 e. The van der Waals surface area contributed by atoms with Crippen molar-refractivity contribution in [1.29, 1.82) is 5.26 Å². The molecule has 0 spiro atoms. The molecule has 4 heteroatoms. The molecule has 0 aliphatic carbocycles. The maximum absolute atomic E-state index is 9.02. The molecule has 0 N–H and O–H groups in total. The lowest BCUT2D eigenvalue weighted by Gasteiger charge is -2.32. The first-order chi connectivity index (χ1) is 9.08. The monoisotopic (exact) mass is 321 g/mol. The zero-order valence-corrected chi connectivity index (χ0v) is 13.2. The van der Waals surface area contributed by atoms with E-state index in [1.807, 2.05) is 12.1 Å². The molecule has 0 atom stereocenters. The predicted molar refractivity (Wildman–Crippen MR) is 82.3 cm³/mol. The minimum atomic E-state index is 0.708. The second-order valence-electron chi connectivity index (χ2n) is 5.44. The largest absolute Gasteiger partial charge is 0.374 e. The summed E-state index contributed by atoms with van der Waals surface area (Å²) in [7, 11) is 4.30. The van der Waals surface area contributed by atoms with Crippen LogP contribution in [-0.2, 0) is 0 Å². The lowest BCUT2D eigenvalue weighted by atomic mass is 9.96. The van der Waals surface area contributed by atoms with Gasteiger partial charge in [0.2, 0.25) is 0 Å². The van der Waals surface area contributed by atoms with Crippen molar-refractivity contribution in [1.82, 2.24) is 4.90 Å². The summed E-state index contributed by atoms with van der Waals surface area (Å²) in [4.78, 5) is 4.66. The van der Waals surface area contributed by atoms with Gasteiger partial charge in [0.25, 0.3) is 0 Å². The van der Waals surface area contributed by atoms with Crippen LogP contribution in [0.1, 0.15) is 18.4 Å². The number of likely N-dealkylation sites (tertiary alicyclic amines) is 1. The average Bonchev–Trinajstić information content (AvgIpc) is 2.40. The average molecular weight is 322 g/mol. The third-order valence-corrected chi connectivity index (χ3v) is 4.28. The minimum absolute atomic E-state index is 0.708. The first-order valence-electron chi connectivity index (χ1n) is 6.69. The molecule has 1 heterocycles. The Hall–Kier alpha value is -1.05. The van der Waals surface area contributed by atoms with Gasteiger partial charge in [0.05, 0.1) is 11.6 Å². The van der Waals surface area contributed by atoms with Crippen LogP contribution in [0.25, 0.3) is 0 Å². The Bertz CT molecular complexity index is 473. The number of benzene rings is 1. The van der Waals surface area contributed by atoms with Crippen LogP contribution < -0.4 is 4.90 Å². The van der Waals surface area contributed by atoms with Gasteiger partial charge in [-0.25, -0.2) is 0 Å². The van der Waals surface area contributed by atoms with Gasteiger partial charge in [-0.2, -0.15) is 5.26 Å². The smallest absolute Gasteiger partial charge is 0.0992 e. The molecule has 3 nitrogen and oxygen atoms in total. The zero-order chi connectivity index (χ0) is 13.8. The molecule has 1 fully saturated rings. The van der Waals surface area contributed by atoms with Crippen LogP contribution in [0.2, 0.25) is 0 Å². The zero-order valence-electron chi connectivity index (χ0n) is 11.6. The molecule has 1 aromatic rings. The van der Waals surface area contributed by atoms with Crippen LogP contribution in [0.15, 0.2) is 22.7 Å². The Labute approximate surface area is 123 Å². The summed E-state index contributed by atoms with van der Waals surface area (Å²) in [6.07, 6.45) is 2.53. The maximum Gasteiger partial charge on any atom is 0.0992 e. The number of anilines is 1. The van der Waals surface area contributed by atoms with Crippen molar-refractivity contribution in [3.05, 3.63) is 28.2 Å². The fraction of sp³-hybridized carbons (Fsp3) is 0.533. The fourth-order valence-corrected chi connectivity index (χ4v) is 3.08. The van der Waals surface area contributed by atoms with Crippen LogP contribution in [0.3, 0.4) is 0 Å². The number of rotatable bonds is 3. The van der Waals surface area contributed by atoms with Crippen LogP contribution in [-0.4, -0.2) is 38.6 Å². The Balaban J connectivity index is 2.01. The molecule has 2 rings (SSSR count). The summed E-state index contributed by atoms with van der Waals surface area (Å²) in [5.41, 5.74) is 1.82. The van der Waals surface area contributed by atoms with Gasteiger partial charge in [-0.05, 0) is 57.1 Å². The van der Waals surface area contributed by atoms with Crippen molar-refractivity contribution in [3.8, 4) is 6.07 Å². The maximum atomic E-state index is 9.02. The highest BCUT2D eigenvalue weighted by Gasteiger charge is 2.18. The van der Waals surface area contributed by atoms with Gasteiger partial charge in [0, 0.05) is 23.8 Å². The van der Waals surface area contributed by atoms with E-state index in [2.05, 4.69) is 52.0 Å². The molecule has 0 radical (unpaired) electrons. The highest BCUT2D eigenvalue weighted by molar-refractivity contribution is 9.10. The van der Waals surface area contributed by atoms with Crippen LogP contribution in [0.5, 0.6) is 0 Å². The first kappa shape index (κ1) is 14.4. The number of halogens is 1. The van der Waals surface area contributed by atoms with E-state index in [0.29, 0.717) is 5.56 Å². The molecule has 0 aromatic heterocycles. The van der Waals surface area contributed by atoms with Gasteiger partial charge in [0.1, 0.15) is 0 Å². The van der Waals surface area contributed by atoms with Crippen molar-refractivity contribution in [2.75, 3.05) is 38.6 Å². The molecule has 19 heavy (non-hydrogen) atoms. The van der Waals surface area contributed by atoms with E-state index in [1.54, 1.807) is 0 Å². The SMILES string of the molecule is CN1CCC(CN(C)c2cc(Br)cc(C#N)c2)CC1. The summed E-state index contributed by atoms with van der Waals surface area (Å²) < 4.78 is 0.969. The number of nitrogens with zero attached hydrogens (tertiary/aromatic N) is 3. The molecule has 1 saturated heterocycles. The Morgan fingerprint density at radius 3 is 2.68 bits per heavy atom. The van der Waals surface area contributed by atoms with Crippen LogP contribution in [0, 0.1) is 17.2 Å². The number of hydrogen-bond acceptors (Lipinski definition) is 3. The molecule has 0 bridgehead atoms. The predicted octanol–water partition coefficient (Wildman–Crippen LogP) is 3.10. The second kappa shape index (κ2) is 6.40. The third kappa shape index (κ3) is 3.95. The Morgan fingerprint density at radius 1 is 1.37 bits per heavy atom. The van der Waals surface area contributed by atoms with Crippen molar-refractivity contribution >= 4 is 21.6 Å². The van der Waals surface area contributed by atoms with E-state index in [9.17, 15) is 0 Å². The Morgan fingerprint density at radius 2 is 2.05 bits per heavy atom. The van der Waals surface area contributed by atoms with Gasteiger partial charge < -0.3 is 9.80 Å². The lowest BCUT2D eigenvalue weighted by molar-refractivity contribution is 0.222. The summed E-state index contributed by atoms with van der Waals surface area (Å²) in [6.45, 7) is 3.45. The van der Waals surface area contributed by atoms with E-state index < -0.39 is 0 Å². The molecule has 1 aromatic carbocycles. The first-order valence-corrected chi connectivity index (χ1v) is 7.48. The summed E-state index contributed by atoms with van der Waals surface area (Å²) >= 11 is 3.47. The fourth-order valence-electron chi connectivity index (χ4n) is 2.60. The van der Waals surface area contributed by atoms with Gasteiger partial charge in [-0.1, -0.05) is 15.9 Å². The standard InChI is InChI=1S/C15H20BrN3/c1-18-5-3-12(4-6-18)11-19(2)15-8-13(10-17)7-14(16)9-15/h7-9,12H,3-6,11H2,1-2H3. The molecular formula is C15H20BrN3. The van der Waals surface area contributed by atoms with Crippen molar-refractivity contribution < 1.29 is 0 Å². The van der Waals surface area contributed by atoms with Crippen LogP contribution >= 0.6 is 15.9 Å². The lowest BCUT2D eigenvalue weighted by Crippen LogP contribution is -2.35. The van der Waals surface area contributed by atoms with Gasteiger partial charge in [0.15, 0.2) is 0 Å². The van der Waals surface area contributed by atoms with E-state index in [0.717, 1.165) is 22.6 Å². The summed E-state index contributed by atoms with van der Waals surface area (Å²) in [5.74, 6) is 0.755. The quantitative estimate of drug-likeness (QED) is 0.857. The number of hydrogen-bond donors (Lipinski definition) is 0. The van der Waals surface area contributed by atoms with E-state index in [4.69, 9.17) is 5.26 Å². The normalized spacial score (nSPS) is 17.2. The second-order valence-corrected chi connectivity index (χ2v) is 6.35. The highest BCUT2D eigenvalue weighted by atomic mass is 79.9. The van der Waals surface area contributed by atoms with E-state index >= 15 is 0 Å². The van der Waals surface area contributed by atoms with Crippen molar-refractivity contribution in [2.24, 2.45) is 5.92 Å².